The van der Waals surface area contributed by atoms with Gasteiger partial charge in [0.25, 0.3) is 0 Å². The Morgan fingerprint density at radius 2 is 2.08 bits per heavy atom. The van der Waals surface area contributed by atoms with Gasteiger partial charge < -0.3 is 15.5 Å². The number of nitrogens with one attached hydrogen (secondary N) is 2. The molecule has 0 fully saturated rings. The number of thiazole rings is 1. The number of hydrogen-bond donors (Lipinski definition) is 2. The Kier molecular flexibility index (Phi) is 7.43. The third-order valence-electron chi connectivity index (χ3n) is 3.95. The van der Waals surface area contributed by atoms with Crippen molar-refractivity contribution >= 4 is 23.2 Å². The maximum Gasteiger partial charge on any atom is 0.243 e. The molecule has 1 amide bonds. The largest absolute Gasteiger partial charge is 0.356 e. The summed E-state index contributed by atoms with van der Waals surface area (Å²) in [6.45, 7) is 7.34. The van der Waals surface area contributed by atoms with Crippen LogP contribution in [0.1, 0.15) is 35.3 Å². The molecule has 6 nitrogen and oxygen atoms in total. The summed E-state index contributed by atoms with van der Waals surface area (Å²) in [6, 6.07) is 0. The molecule has 138 valence electrons. The molecule has 1 aromatic rings. The summed E-state index contributed by atoms with van der Waals surface area (Å²) >= 11 is 1.84. The molecule has 25 heavy (non-hydrogen) atoms. The van der Waals surface area contributed by atoms with Crippen molar-refractivity contribution in [2.24, 2.45) is 4.99 Å². The van der Waals surface area contributed by atoms with Gasteiger partial charge in [-0.15, -0.1) is 11.3 Å². The highest BCUT2D eigenvalue weighted by molar-refractivity contribution is 7.11. The summed E-state index contributed by atoms with van der Waals surface area (Å²) < 4.78 is 0. The quantitative estimate of drug-likeness (QED) is 0.440. The molecule has 1 aliphatic rings. The SMILES string of the molecule is C=C(C)CNC(=NCC(=O)N(C)C)NCCc1nc2c(s1)CCCC2. The molecule has 0 spiro atoms. The summed E-state index contributed by atoms with van der Waals surface area (Å²) in [5, 5.41) is 7.68. The van der Waals surface area contributed by atoms with Crippen LogP contribution in [0.4, 0.5) is 0 Å². The monoisotopic (exact) mass is 363 g/mol. The van der Waals surface area contributed by atoms with Crippen molar-refractivity contribution in [3.63, 3.8) is 0 Å². The van der Waals surface area contributed by atoms with Crippen molar-refractivity contribution in [3.05, 3.63) is 27.7 Å². The minimum atomic E-state index is -0.0241. The van der Waals surface area contributed by atoms with Crippen LogP contribution in [0.15, 0.2) is 17.1 Å². The molecular formula is C18H29N5OS. The van der Waals surface area contributed by atoms with E-state index in [4.69, 9.17) is 4.98 Å². The second kappa shape index (κ2) is 9.56. The van der Waals surface area contributed by atoms with Crippen molar-refractivity contribution in [1.82, 2.24) is 20.5 Å². The van der Waals surface area contributed by atoms with Gasteiger partial charge in [0.15, 0.2) is 5.96 Å². The highest BCUT2D eigenvalue weighted by Crippen LogP contribution is 2.26. The highest BCUT2D eigenvalue weighted by Gasteiger charge is 2.14. The molecule has 1 aromatic heterocycles. The number of aromatic nitrogens is 1. The zero-order valence-corrected chi connectivity index (χ0v) is 16.3. The Hall–Kier alpha value is -1.89. The molecule has 1 heterocycles. The van der Waals surface area contributed by atoms with E-state index in [1.54, 1.807) is 19.0 Å². The average Bonchev–Trinajstić information content (AvgIpc) is 2.98. The van der Waals surface area contributed by atoms with Gasteiger partial charge in [-0.25, -0.2) is 9.98 Å². The topological polar surface area (TPSA) is 69.6 Å². The van der Waals surface area contributed by atoms with Crippen LogP contribution in [-0.2, 0) is 24.1 Å². The predicted molar refractivity (Wildman–Crippen MR) is 104 cm³/mol. The molecule has 1 aliphatic carbocycles. The van der Waals surface area contributed by atoms with Gasteiger partial charge in [-0.3, -0.25) is 4.79 Å². The van der Waals surface area contributed by atoms with Crippen molar-refractivity contribution in [2.45, 2.75) is 39.0 Å². The minimum absolute atomic E-state index is 0.0241. The van der Waals surface area contributed by atoms with E-state index in [1.807, 2.05) is 18.3 Å². The van der Waals surface area contributed by atoms with Gasteiger partial charge in [0, 0.05) is 38.5 Å². The highest BCUT2D eigenvalue weighted by atomic mass is 32.1. The van der Waals surface area contributed by atoms with Crippen molar-refractivity contribution < 1.29 is 4.79 Å². The zero-order chi connectivity index (χ0) is 18.2. The van der Waals surface area contributed by atoms with Gasteiger partial charge >= 0.3 is 0 Å². The van der Waals surface area contributed by atoms with Gasteiger partial charge in [0.05, 0.1) is 10.7 Å². The lowest BCUT2D eigenvalue weighted by Crippen LogP contribution is -2.40. The van der Waals surface area contributed by atoms with E-state index >= 15 is 0 Å². The Bertz CT molecular complexity index is 612. The third kappa shape index (κ3) is 6.49. The molecular weight excluding hydrogens is 334 g/mol. The van der Waals surface area contributed by atoms with Crippen LogP contribution in [0.2, 0.25) is 0 Å². The first kappa shape index (κ1) is 19.4. The molecule has 0 saturated heterocycles. The van der Waals surface area contributed by atoms with E-state index in [0.717, 1.165) is 25.0 Å². The molecule has 0 radical (unpaired) electrons. The number of nitrogens with zero attached hydrogens (tertiary/aromatic N) is 3. The van der Waals surface area contributed by atoms with Crippen LogP contribution in [0.5, 0.6) is 0 Å². The Labute approximate surface area is 154 Å². The summed E-state index contributed by atoms with van der Waals surface area (Å²) in [5.74, 6) is 0.614. The van der Waals surface area contributed by atoms with Gasteiger partial charge in [0.2, 0.25) is 5.91 Å². The number of likely N-dealkylation sites (N-methyl/N-ethyl adjacent to an activating group) is 1. The summed E-state index contributed by atoms with van der Waals surface area (Å²) in [4.78, 5) is 23.9. The van der Waals surface area contributed by atoms with E-state index in [9.17, 15) is 4.79 Å². The maximum atomic E-state index is 11.7. The molecule has 0 saturated carbocycles. The van der Waals surface area contributed by atoms with Gasteiger partial charge in [-0.05, 0) is 32.6 Å². The number of fused-ring (bicyclic) bond motifs is 1. The summed E-state index contributed by atoms with van der Waals surface area (Å²) in [7, 11) is 3.47. The van der Waals surface area contributed by atoms with E-state index in [-0.39, 0.29) is 12.5 Å². The molecule has 0 aliphatic heterocycles. The molecule has 7 heteroatoms. The lowest BCUT2D eigenvalue weighted by Gasteiger charge is -2.13. The summed E-state index contributed by atoms with van der Waals surface area (Å²) in [6.07, 6.45) is 5.72. The average molecular weight is 364 g/mol. The van der Waals surface area contributed by atoms with Crippen molar-refractivity contribution in [3.8, 4) is 0 Å². The molecule has 0 bridgehead atoms. The number of hydrogen-bond acceptors (Lipinski definition) is 4. The van der Waals surface area contributed by atoms with Gasteiger partial charge in [0.1, 0.15) is 6.54 Å². The third-order valence-corrected chi connectivity index (χ3v) is 5.17. The van der Waals surface area contributed by atoms with E-state index < -0.39 is 0 Å². The minimum Gasteiger partial charge on any atom is -0.356 e. The number of guanidine groups is 1. The maximum absolute atomic E-state index is 11.7. The molecule has 0 aromatic carbocycles. The number of carbonyl (C=O) groups excluding carboxylic acids is 1. The first-order valence-electron chi connectivity index (χ1n) is 8.80. The fraction of sp³-hybridized carbons (Fsp3) is 0.611. The number of carbonyl (C=O) groups is 1. The van der Waals surface area contributed by atoms with E-state index in [1.165, 1.54) is 34.8 Å². The predicted octanol–water partition coefficient (Wildman–Crippen LogP) is 1.76. The van der Waals surface area contributed by atoms with Crippen LogP contribution < -0.4 is 10.6 Å². The number of aliphatic imine (C=N–C) groups is 1. The Balaban J connectivity index is 1.87. The number of amides is 1. The number of rotatable bonds is 7. The van der Waals surface area contributed by atoms with E-state index in [2.05, 4.69) is 22.2 Å². The normalized spacial score (nSPS) is 14.0. The standard InChI is InChI=1S/C18H29N5OS/c1-13(2)11-20-18(21-12-17(24)23(3)4)19-10-9-16-22-14-7-5-6-8-15(14)25-16/h1,5-12H2,2-4H3,(H2,19,20,21). The van der Waals surface area contributed by atoms with Gasteiger partial charge in [-0.2, -0.15) is 0 Å². The van der Waals surface area contributed by atoms with Crippen molar-refractivity contribution in [1.29, 1.82) is 0 Å². The Morgan fingerprint density at radius 1 is 1.32 bits per heavy atom. The molecule has 2 N–H and O–H groups in total. The first-order valence-corrected chi connectivity index (χ1v) is 9.61. The van der Waals surface area contributed by atoms with Crippen LogP contribution in [0.25, 0.3) is 0 Å². The lowest BCUT2D eigenvalue weighted by atomic mass is 10.0. The fourth-order valence-corrected chi connectivity index (χ4v) is 3.65. The molecule has 0 unspecified atom stereocenters. The van der Waals surface area contributed by atoms with Crippen LogP contribution in [0.3, 0.4) is 0 Å². The summed E-state index contributed by atoms with van der Waals surface area (Å²) in [5.41, 5.74) is 2.32. The lowest BCUT2D eigenvalue weighted by molar-refractivity contribution is -0.127. The van der Waals surface area contributed by atoms with E-state index in [0.29, 0.717) is 12.5 Å². The zero-order valence-electron chi connectivity index (χ0n) is 15.5. The van der Waals surface area contributed by atoms with Gasteiger partial charge in [-0.1, -0.05) is 12.2 Å². The first-order chi connectivity index (χ1) is 12.0. The fourth-order valence-electron chi connectivity index (χ4n) is 2.50. The smallest absolute Gasteiger partial charge is 0.243 e. The van der Waals surface area contributed by atoms with Crippen molar-refractivity contribution in [2.75, 3.05) is 33.7 Å². The number of aryl methyl sites for hydroxylation is 2. The second-order valence-electron chi connectivity index (χ2n) is 6.63. The molecule has 0 atom stereocenters. The molecule has 2 rings (SSSR count). The van der Waals surface area contributed by atoms with Crippen LogP contribution >= 0.6 is 11.3 Å². The van der Waals surface area contributed by atoms with Crippen LogP contribution in [-0.4, -0.2) is 55.5 Å². The Morgan fingerprint density at radius 3 is 2.76 bits per heavy atom. The van der Waals surface area contributed by atoms with Crippen LogP contribution in [0, 0.1) is 0 Å². The second-order valence-corrected chi connectivity index (χ2v) is 7.79.